The number of imidazole rings is 1. The van der Waals surface area contributed by atoms with Gasteiger partial charge in [0, 0.05) is 19.3 Å². The molecular weight excluding hydrogens is 282 g/mol. The van der Waals surface area contributed by atoms with Crippen LogP contribution in [0.4, 0.5) is 0 Å². The van der Waals surface area contributed by atoms with Crippen LogP contribution >= 0.6 is 0 Å². The molecule has 0 unspecified atom stereocenters. The SMILES string of the molecule is Cn1cnc(S(=O)(=O)N(CC(N)=O)C2CCNCC2)c1. The molecule has 0 atom stereocenters. The molecule has 0 saturated carbocycles. The number of hydrogen-bond acceptors (Lipinski definition) is 5. The summed E-state index contributed by atoms with van der Waals surface area (Å²) in [6.45, 7) is 1.12. The van der Waals surface area contributed by atoms with Gasteiger partial charge in [-0.1, -0.05) is 0 Å². The minimum Gasteiger partial charge on any atom is -0.369 e. The molecule has 1 aromatic rings. The van der Waals surface area contributed by atoms with Crippen LogP contribution in [0.25, 0.3) is 0 Å². The molecular formula is C11H19N5O3S. The first-order valence-electron chi connectivity index (χ1n) is 6.40. The van der Waals surface area contributed by atoms with E-state index in [0.717, 1.165) is 13.1 Å². The fourth-order valence-corrected chi connectivity index (χ4v) is 3.92. The van der Waals surface area contributed by atoms with E-state index >= 15 is 0 Å². The molecule has 0 aliphatic carbocycles. The summed E-state index contributed by atoms with van der Waals surface area (Å²) in [5, 5.41) is 3.11. The third-order valence-electron chi connectivity index (χ3n) is 3.28. The molecule has 0 bridgehead atoms. The number of carbonyl (C=O) groups is 1. The van der Waals surface area contributed by atoms with E-state index in [4.69, 9.17) is 5.73 Å². The van der Waals surface area contributed by atoms with Crippen LogP contribution in [-0.2, 0) is 21.9 Å². The van der Waals surface area contributed by atoms with Crippen molar-refractivity contribution in [2.75, 3.05) is 19.6 Å². The van der Waals surface area contributed by atoms with E-state index in [1.165, 1.54) is 16.8 Å². The van der Waals surface area contributed by atoms with Crippen molar-refractivity contribution in [1.82, 2.24) is 19.2 Å². The number of nitrogens with one attached hydrogen (secondary N) is 1. The smallest absolute Gasteiger partial charge is 0.262 e. The third kappa shape index (κ3) is 3.17. The van der Waals surface area contributed by atoms with Crippen molar-refractivity contribution in [1.29, 1.82) is 0 Å². The summed E-state index contributed by atoms with van der Waals surface area (Å²) >= 11 is 0. The second-order valence-electron chi connectivity index (χ2n) is 4.88. The van der Waals surface area contributed by atoms with Crippen LogP contribution in [0.15, 0.2) is 17.6 Å². The van der Waals surface area contributed by atoms with Crippen LogP contribution in [0.2, 0.25) is 0 Å². The van der Waals surface area contributed by atoms with Gasteiger partial charge in [-0.05, 0) is 25.9 Å². The number of piperidine rings is 1. The zero-order valence-electron chi connectivity index (χ0n) is 11.3. The molecule has 112 valence electrons. The first kappa shape index (κ1) is 14.9. The lowest BCUT2D eigenvalue weighted by Crippen LogP contribution is -2.49. The average Bonchev–Trinajstić information content (AvgIpc) is 2.84. The number of aryl methyl sites for hydroxylation is 1. The number of sulfonamides is 1. The molecule has 1 amide bonds. The molecule has 3 N–H and O–H groups in total. The van der Waals surface area contributed by atoms with E-state index < -0.39 is 15.9 Å². The van der Waals surface area contributed by atoms with E-state index in [1.54, 1.807) is 11.6 Å². The number of primary amides is 1. The van der Waals surface area contributed by atoms with Crippen molar-refractivity contribution in [3.63, 3.8) is 0 Å². The number of hydrogen-bond donors (Lipinski definition) is 2. The van der Waals surface area contributed by atoms with E-state index in [2.05, 4.69) is 10.3 Å². The van der Waals surface area contributed by atoms with Gasteiger partial charge in [-0.25, -0.2) is 13.4 Å². The van der Waals surface area contributed by atoms with Gasteiger partial charge >= 0.3 is 0 Å². The van der Waals surface area contributed by atoms with Crippen LogP contribution in [0.3, 0.4) is 0 Å². The van der Waals surface area contributed by atoms with Crippen molar-refractivity contribution < 1.29 is 13.2 Å². The molecule has 2 heterocycles. The molecule has 0 radical (unpaired) electrons. The number of nitrogens with two attached hydrogens (primary N) is 1. The Morgan fingerprint density at radius 3 is 2.70 bits per heavy atom. The third-order valence-corrected chi connectivity index (χ3v) is 5.07. The zero-order valence-corrected chi connectivity index (χ0v) is 12.1. The molecule has 1 fully saturated rings. The molecule has 9 heteroatoms. The number of amides is 1. The second kappa shape index (κ2) is 5.90. The largest absolute Gasteiger partial charge is 0.369 e. The first-order chi connectivity index (χ1) is 9.41. The van der Waals surface area contributed by atoms with E-state index in [0.29, 0.717) is 12.8 Å². The minimum absolute atomic E-state index is 0.0558. The Morgan fingerprint density at radius 2 is 2.20 bits per heavy atom. The second-order valence-corrected chi connectivity index (χ2v) is 6.71. The van der Waals surface area contributed by atoms with Crippen LogP contribution in [0.1, 0.15) is 12.8 Å². The summed E-state index contributed by atoms with van der Waals surface area (Å²) < 4.78 is 27.9. The minimum atomic E-state index is -3.80. The Bertz CT molecular complexity index is 577. The van der Waals surface area contributed by atoms with E-state index in [1.807, 2.05) is 0 Å². The van der Waals surface area contributed by atoms with Gasteiger partial charge < -0.3 is 15.6 Å². The summed E-state index contributed by atoms with van der Waals surface area (Å²) in [5.74, 6) is -0.664. The summed E-state index contributed by atoms with van der Waals surface area (Å²) in [5.41, 5.74) is 5.19. The van der Waals surface area contributed by atoms with Gasteiger partial charge in [0.25, 0.3) is 10.0 Å². The van der Waals surface area contributed by atoms with Crippen LogP contribution in [0.5, 0.6) is 0 Å². The van der Waals surface area contributed by atoms with Crippen molar-refractivity contribution in [3.8, 4) is 0 Å². The Morgan fingerprint density at radius 1 is 1.55 bits per heavy atom. The quantitative estimate of drug-likeness (QED) is 0.698. The molecule has 0 spiro atoms. The lowest BCUT2D eigenvalue weighted by Gasteiger charge is -2.32. The molecule has 1 aliphatic heterocycles. The van der Waals surface area contributed by atoms with E-state index in [-0.39, 0.29) is 17.6 Å². The summed E-state index contributed by atoms with van der Waals surface area (Å²) in [4.78, 5) is 15.1. The normalized spacial score (nSPS) is 17.5. The van der Waals surface area contributed by atoms with Crippen molar-refractivity contribution >= 4 is 15.9 Å². The van der Waals surface area contributed by atoms with Gasteiger partial charge in [0.2, 0.25) is 5.91 Å². The summed E-state index contributed by atoms with van der Waals surface area (Å²) in [6, 6.07) is -0.226. The van der Waals surface area contributed by atoms with Gasteiger partial charge in [-0.3, -0.25) is 4.79 Å². The highest BCUT2D eigenvalue weighted by Gasteiger charge is 2.34. The number of rotatable bonds is 5. The zero-order chi connectivity index (χ0) is 14.8. The monoisotopic (exact) mass is 301 g/mol. The van der Waals surface area contributed by atoms with Gasteiger partial charge in [0.15, 0.2) is 5.03 Å². The maximum absolute atomic E-state index is 12.6. The van der Waals surface area contributed by atoms with E-state index in [9.17, 15) is 13.2 Å². The van der Waals surface area contributed by atoms with Crippen LogP contribution < -0.4 is 11.1 Å². The predicted octanol–water partition coefficient (Wildman–Crippen LogP) is -1.35. The average molecular weight is 301 g/mol. The standard InChI is InChI=1S/C11H19N5O3S/c1-15-7-11(14-8-15)20(18,19)16(6-10(12)17)9-2-4-13-5-3-9/h7-9,13H,2-6H2,1H3,(H2,12,17). The number of nitrogens with zero attached hydrogens (tertiary/aromatic N) is 3. The topological polar surface area (TPSA) is 110 Å². The summed E-state index contributed by atoms with van der Waals surface area (Å²) in [6.07, 6.45) is 4.14. The maximum atomic E-state index is 12.6. The fourth-order valence-electron chi connectivity index (χ4n) is 2.30. The highest BCUT2D eigenvalue weighted by Crippen LogP contribution is 2.20. The lowest BCUT2D eigenvalue weighted by molar-refractivity contribution is -0.118. The van der Waals surface area contributed by atoms with Gasteiger partial charge in [0.05, 0.1) is 12.9 Å². The fraction of sp³-hybridized carbons (Fsp3) is 0.636. The molecule has 1 saturated heterocycles. The molecule has 8 nitrogen and oxygen atoms in total. The Kier molecular flexibility index (Phi) is 4.41. The maximum Gasteiger partial charge on any atom is 0.262 e. The predicted molar refractivity (Wildman–Crippen MR) is 72.2 cm³/mol. The molecule has 20 heavy (non-hydrogen) atoms. The van der Waals surface area contributed by atoms with Gasteiger partial charge in [-0.15, -0.1) is 0 Å². The first-order valence-corrected chi connectivity index (χ1v) is 7.84. The lowest BCUT2D eigenvalue weighted by atomic mass is 10.1. The number of aromatic nitrogens is 2. The van der Waals surface area contributed by atoms with Gasteiger partial charge in [-0.2, -0.15) is 4.31 Å². The van der Waals surface area contributed by atoms with Crippen LogP contribution in [0, 0.1) is 0 Å². The molecule has 1 aromatic heterocycles. The Balaban J connectivity index is 2.31. The highest BCUT2D eigenvalue weighted by atomic mass is 32.2. The van der Waals surface area contributed by atoms with Crippen molar-refractivity contribution in [2.24, 2.45) is 12.8 Å². The van der Waals surface area contributed by atoms with Crippen molar-refractivity contribution in [2.45, 2.75) is 23.9 Å². The van der Waals surface area contributed by atoms with Crippen LogP contribution in [-0.4, -0.2) is 53.9 Å². The Hall–Kier alpha value is -1.45. The molecule has 0 aromatic carbocycles. The molecule has 1 aliphatic rings. The molecule has 2 rings (SSSR count). The van der Waals surface area contributed by atoms with Gasteiger partial charge in [0.1, 0.15) is 0 Å². The number of carbonyl (C=O) groups excluding carboxylic acids is 1. The highest BCUT2D eigenvalue weighted by molar-refractivity contribution is 7.89. The van der Waals surface area contributed by atoms with Crippen molar-refractivity contribution in [3.05, 3.63) is 12.5 Å². The summed E-state index contributed by atoms with van der Waals surface area (Å²) in [7, 11) is -2.11. The Labute approximate surface area is 118 Å².